The number of halogens is 1. The van der Waals surface area contributed by atoms with Crippen LogP contribution in [0.5, 0.6) is 0 Å². The number of alkyl halides is 1. The van der Waals surface area contributed by atoms with E-state index in [0.29, 0.717) is 5.88 Å². The molecule has 0 aliphatic carbocycles. The van der Waals surface area contributed by atoms with Crippen molar-refractivity contribution in [2.75, 3.05) is 0 Å². The Bertz CT molecular complexity index is 940. The fourth-order valence-corrected chi connectivity index (χ4v) is 2.81. The third kappa shape index (κ3) is 1.87. The highest BCUT2D eigenvalue weighted by Gasteiger charge is 2.13. The van der Waals surface area contributed by atoms with Gasteiger partial charge in [-0.05, 0) is 23.6 Å². The summed E-state index contributed by atoms with van der Waals surface area (Å²) in [5, 5.41) is 2.21. The van der Waals surface area contributed by atoms with E-state index in [1.165, 1.54) is 0 Å². The molecular weight excluding hydrogens is 284 g/mol. The lowest BCUT2D eigenvalue weighted by molar-refractivity contribution is 0.988. The van der Waals surface area contributed by atoms with E-state index in [9.17, 15) is 0 Å². The van der Waals surface area contributed by atoms with Gasteiger partial charge in [0.25, 0.3) is 0 Å². The molecular formula is C16H11ClN4. The Morgan fingerprint density at radius 2 is 1.86 bits per heavy atom. The zero-order chi connectivity index (χ0) is 14.2. The zero-order valence-corrected chi connectivity index (χ0v) is 11.8. The van der Waals surface area contributed by atoms with Crippen LogP contribution in [-0.4, -0.2) is 19.5 Å². The van der Waals surface area contributed by atoms with Gasteiger partial charge in [-0.1, -0.05) is 12.1 Å². The van der Waals surface area contributed by atoms with Gasteiger partial charge >= 0.3 is 0 Å². The molecule has 3 aromatic heterocycles. The van der Waals surface area contributed by atoms with Crippen LogP contribution in [0.25, 0.3) is 27.5 Å². The third-order valence-corrected chi connectivity index (χ3v) is 3.79. The summed E-state index contributed by atoms with van der Waals surface area (Å²) in [6.45, 7) is 0. The topological polar surface area (TPSA) is 43.6 Å². The average Bonchev–Trinajstić information content (AvgIpc) is 2.92. The number of aromatic nitrogens is 4. The molecule has 0 unspecified atom stereocenters. The van der Waals surface area contributed by atoms with Crippen LogP contribution in [-0.2, 0) is 5.88 Å². The Balaban J connectivity index is 2.13. The molecule has 4 nitrogen and oxygen atoms in total. The molecule has 5 heteroatoms. The highest BCUT2D eigenvalue weighted by Crippen LogP contribution is 2.27. The summed E-state index contributed by atoms with van der Waals surface area (Å²) in [4.78, 5) is 12.9. The summed E-state index contributed by atoms with van der Waals surface area (Å²) in [5.41, 5.74) is 2.87. The minimum absolute atomic E-state index is 0.339. The zero-order valence-electron chi connectivity index (χ0n) is 11.1. The molecule has 0 fully saturated rings. The van der Waals surface area contributed by atoms with Crippen molar-refractivity contribution in [3.05, 3.63) is 60.9 Å². The van der Waals surface area contributed by atoms with Crippen molar-refractivity contribution in [3.8, 4) is 5.69 Å². The molecule has 3 heterocycles. The number of hydrogen-bond donors (Lipinski definition) is 0. The van der Waals surface area contributed by atoms with Crippen molar-refractivity contribution in [3.63, 3.8) is 0 Å². The molecule has 0 aliphatic rings. The van der Waals surface area contributed by atoms with Crippen molar-refractivity contribution in [1.82, 2.24) is 19.5 Å². The van der Waals surface area contributed by atoms with Gasteiger partial charge in [0, 0.05) is 24.0 Å². The molecule has 0 saturated carbocycles. The lowest BCUT2D eigenvalue weighted by Crippen LogP contribution is -2.00. The molecule has 4 rings (SSSR count). The molecule has 0 N–H and O–H groups in total. The van der Waals surface area contributed by atoms with Crippen LogP contribution in [0.1, 0.15) is 5.82 Å². The number of benzene rings is 1. The van der Waals surface area contributed by atoms with Gasteiger partial charge < -0.3 is 0 Å². The maximum Gasteiger partial charge on any atom is 0.129 e. The van der Waals surface area contributed by atoms with E-state index in [-0.39, 0.29) is 0 Å². The second-order valence-electron chi connectivity index (χ2n) is 4.74. The van der Waals surface area contributed by atoms with E-state index in [2.05, 4.69) is 31.7 Å². The van der Waals surface area contributed by atoms with Crippen LogP contribution in [0.2, 0.25) is 0 Å². The van der Waals surface area contributed by atoms with E-state index in [1.807, 2.05) is 24.4 Å². The lowest BCUT2D eigenvalue weighted by Gasteiger charge is -2.10. The second-order valence-corrected chi connectivity index (χ2v) is 5.00. The van der Waals surface area contributed by atoms with Crippen LogP contribution in [0.3, 0.4) is 0 Å². The molecule has 21 heavy (non-hydrogen) atoms. The first-order valence-electron chi connectivity index (χ1n) is 6.59. The molecule has 0 atom stereocenters. The van der Waals surface area contributed by atoms with Crippen molar-refractivity contribution in [1.29, 1.82) is 0 Å². The molecule has 0 aliphatic heterocycles. The average molecular weight is 295 g/mol. The number of fused-ring (bicyclic) bond motifs is 2. The quantitative estimate of drug-likeness (QED) is 0.529. The molecule has 1 aromatic carbocycles. The van der Waals surface area contributed by atoms with Crippen LogP contribution in [0.15, 0.2) is 55.1 Å². The van der Waals surface area contributed by atoms with E-state index in [1.54, 1.807) is 18.6 Å². The Morgan fingerprint density at radius 3 is 2.76 bits per heavy atom. The van der Waals surface area contributed by atoms with E-state index < -0.39 is 0 Å². The van der Waals surface area contributed by atoms with Crippen LogP contribution < -0.4 is 0 Å². The molecule has 0 saturated heterocycles. The van der Waals surface area contributed by atoms with Gasteiger partial charge in [0.05, 0.1) is 23.3 Å². The summed E-state index contributed by atoms with van der Waals surface area (Å²) in [7, 11) is 0. The van der Waals surface area contributed by atoms with Crippen LogP contribution in [0, 0.1) is 0 Å². The minimum Gasteiger partial charge on any atom is -0.294 e. The summed E-state index contributed by atoms with van der Waals surface area (Å²) >= 11 is 6.09. The monoisotopic (exact) mass is 294 g/mol. The number of nitrogens with zero attached hydrogens (tertiary/aromatic N) is 4. The number of rotatable bonds is 2. The maximum atomic E-state index is 6.09. The normalized spacial score (nSPS) is 11.3. The van der Waals surface area contributed by atoms with Crippen molar-refractivity contribution in [2.24, 2.45) is 0 Å². The summed E-state index contributed by atoms with van der Waals surface area (Å²) in [6.07, 6.45) is 7.19. The second kappa shape index (κ2) is 4.82. The molecule has 4 aromatic rings. The Morgan fingerprint density at radius 1 is 1.00 bits per heavy atom. The predicted octanol–water partition coefficient (Wildman–Crippen LogP) is 3.71. The Hall–Kier alpha value is -2.46. The van der Waals surface area contributed by atoms with Gasteiger partial charge in [-0.25, -0.2) is 4.98 Å². The Kier molecular flexibility index (Phi) is 2.82. The highest BCUT2D eigenvalue weighted by molar-refractivity contribution is 6.17. The first-order valence-corrected chi connectivity index (χ1v) is 7.12. The molecule has 0 radical (unpaired) electrons. The predicted molar refractivity (Wildman–Crippen MR) is 83.7 cm³/mol. The SMILES string of the molecule is ClCc1nc2cnccc2n1-c1cccc2ccncc12. The van der Waals surface area contributed by atoms with Gasteiger partial charge in [0.1, 0.15) is 11.3 Å². The standard InChI is InChI=1S/C16H11ClN4/c17-8-16-20-13-10-19-7-5-15(13)21(16)14-3-1-2-11-4-6-18-9-12(11)14/h1-7,9-10H,8H2. The lowest BCUT2D eigenvalue weighted by atomic mass is 10.1. The molecule has 0 amide bonds. The molecule has 0 bridgehead atoms. The third-order valence-electron chi connectivity index (χ3n) is 3.55. The fraction of sp³-hybridized carbons (Fsp3) is 0.0625. The van der Waals surface area contributed by atoms with E-state index in [0.717, 1.165) is 33.3 Å². The minimum atomic E-state index is 0.339. The van der Waals surface area contributed by atoms with Crippen LogP contribution >= 0.6 is 11.6 Å². The molecule has 0 spiro atoms. The van der Waals surface area contributed by atoms with Gasteiger partial charge in [-0.3, -0.25) is 14.5 Å². The smallest absolute Gasteiger partial charge is 0.129 e. The van der Waals surface area contributed by atoms with Gasteiger partial charge in [-0.2, -0.15) is 0 Å². The van der Waals surface area contributed by atoms with Gasteiger partial charge in [0.15, 0.2) is 0 Å². The van der Waals surface area contributed by atoms with Gasteiger partial charge in [-0.15, -0.1) is 11.6 Å². The Labute approximate surface area is 126 Å². The first kappa shape index (κ1) is 12.3. The molecule has 102 valence electrons. The van der Waals surface area contributed by atoms with E-state index >= 15 is 0 Å². The summed E-state index contributed by atoms with van der Waals surface area (Å²) in [6, 6.07) is 10.1. The van der Waals surface area contributed by atoms with Gasteiger partial charge in [0.2, 0.25) is 0 Å². The van der Waals surface area contributed by atoms with Crippen molar-refractivity contribution < 1.29 is 0 Å². The maximum absolute atomic E-state index is 6.09. The van der Waals surface area contributed by atoms with E-state index in [4.69, 9.17) is 11.6 Å². The fourth-order valence-electron chi connectivity index (χ4n) is 2.63. The summed E-state index contributed by atoms with van der Waals surface area (Å²) in [5.74, 6) is 1.14. The summed E-state index contributed by atoms with van der Waals surface area (Å²) < 4.78 is 2.08. The van der Waals surface area contributed by atoms with Crippen molar-refractivity contribution in [2.45, 2.75) is 5.88 Å². The number of imidazole rings is 1. The van der Waals surface area contributed by atoms with Crippen molar-refractivity contribution >= 4 is 33.4 Å². The van der Waals surface area contributed by atoms with Crippen LogP contribution in [0.4, 0.5) is 0 Å². The number of pyridine rings is 2. The first-order chi connectivity index (χ1) is 10.4. The number of hydrogen-bond acceptors (Lipinski definition) is 3. The highest BCUT2D eigenvalue weighted by atomic mass is 35.5. The largest absolute Gasteiger partial charge is 0.294 e.